The van der Waals surface area contributed by atoms with E-state index in [4.69, 9.17) is 9.47 Å². The first-order valence-electron chi connectivity index (χ1n) is 12.1. The zero-order chi connectivity index (χ0) is 23.0. The summed E-state index contributed by atoms with van der Waals surface area (Å²) in [5.74, 6) is 0.997. The average Bonchev–Trinajstić information content (AvgIpc) is 3.40. The number of nitrogens with one attached hydrogen (secondary N) is 1. The van der Waals surface area contributed by atoms with E-state index in [9.17, 15) is 9.59 Å². The van der Waals surface area contributed by atoms with Gasteiger partial charge in [-0.25, -0.2) is 4.79 Å². The molecule has 1 N–H and O–H groups in total. The normalized spacial score (nSPS) is 21.1. The summed E-state index contributed by atoms with van der Waals surface area (Å²) >= 11 is 0. The van der Waals surface area contributed by atoms with Crippen LogP contribution in [0, 0.1) is 0 Å². The first-order valence-corrected chi connectivity index (χ1v) is 12.1. The van der Waals surface area contributed by atoms with Crippen LogP contribution in [-0.4, -0.2) is 117 Å². The van der Waals surface area contributed by atoms with Gasteiger partial charge in [-0.2, -0.15) is 0 Å². The van der Waals surface area contributed by atoms with Crippen LogP contribution in [0.1, 0.15) is 24.4 Å². The van der Waals surface area contributed by atoms with E-state index in [1.54, 1.807) is 7.11 Å². The molecule has 0 spiro atoms. The number of carbonyl (C=O) groups is 2. The van der Waals surface area contributed by atoms with Gasteiger partial charge in [0, 0.05) is 45.8 Å². The Morgan fingerprint density at radius 1 is 0.939 bits per heavy atom. The second-order valence-electron chi connectivity index (χ2n) is 8.97. The van der Waals surface area contributed by atoms with Crippen LogP contribution in [0.4, 0.5) is 4.79 Å². The number of piperazine rings is 1. The number of urea groups is 1. The highest BCUT2D eigenvalue weighted by Gasteiger charge is 2.27. The van der Waals surface area contributed by atoms with Gasteiger partial charge in [-0.05, 0) is 43.6 Å². The highest BCUT2D eigenvalue weighted by Crippen LogP contribution is 2.26. The van der Waals surface area contributed by atoms with Gasteiger partial charge in [-0.3, -0.25) is 14.6 Å². The predicted octanol–water partition coefficient (Wildman–Crippen LogP) is 1.02. The smallest absolute Gasteiger partial charge is 0.317 e. The SMILES string of the molecule is COc1ccc([C@H](CNC(=O)N2CCN(CC(=O)N3CCOCC3)CC2)N2CCCC2)cc1. The lowest BCUT2D eigenvalue weighted by Gasteiger charge is -2.36. The summed E-state index contributed by atoms with van der Waals surface area (Å²) in [6.45, 7) is 8.42. The van der Waals surface area contributed by atoms with Crippen molar-refractivity contribution < 1.29 is 19.1 Å². The molecule has 1 atom stereocenters. The topological polar surface area (TPSA) is 77.6 Å². The molecule has 0 saturated carbocycles. The van der Waals surface area contributed by atoms with Crippen LogP contribution in [0.15, 0.2) is 24.3 Å². The molecule has 4 rings (SSSR count). The summed E-state index contributed by atoms with van der Waals surface area (Å²) in [6.07, 6.45) is 2.40. The largest absolute Gasteiger partial charge is 0.497 e. The minimum absolute atomic E-state index is 0.0214. The Bertz CT molecular complexity index is 770. The number of nitrogens with zero attached hydrogens (tertiary/aromatic N) is 4. The molecule has 3 heterocycles. The van der Waals surface area contributed by atoms with Crippen molar-refractivity contribution >= 4 is 11.9 Å². The second-order valence-corrected chi connectivity index (χ2v) is 8.97. The van der Waals surface area contributed by atoms with E-state index in [1.807, 2.05) is 21.9 Å². The number of likely N-dealkylation sites (tertiary alicyclic amines) is 1. The van der Waals surface area contributed by atoms with Gasteiger partial charge < -0.3 is 24.6 Å². The number of hydrogen-bond donors (Lipinski definition) is 1. The molecule has 182 valence electrons. The zero-order valence-corrected chi connectivity index (χ0v) is 19.7. The molecule has 0 unspecified atom stereocenters. The molecule has 0 bridgehead atoms. The summed E-state index contributed by atoms with van der Waals surface area (Å²) in [5.41, 5.74) is 1.20. The molecule has 9 nitrogen and oxygen atoms in total. The van der Waals surface area contributed by atoms with Gasteiger partial charge in [0.05, 0.1) is 32.9 Å². The molecule has 0 radical (unpaired) electrons. The van der Waals surface area contributed by atoms with Crippen molar-refractivity contribution in [3.05, 3.63) is 29.8 Å². The first-order chi connectivity index (χ1) is 16.1. The van der Waals surface area contributed by atoms with Crippen molar-refractivity contribution in [2.24, 2.45) is 0 Å². The van der Waals surface area contributed by atoms with E-state index in [0.717, 1.165) is 31.9 Å². The number of hydrogen-bond acceptors (Lipinski definition) is 6. The molecule has 0 aromatic heterocycles. The number of rotatable bonds is 7. The third kappa shape index (κ3) is 6.37. The van der Waals surface area contributed by atoms with Crippen LogP contribution in [0.2, 0.25) is 0 Å². The van der Waals surface area contributed by atoms with Gasteiger partial charge in [0.15, 0.2) is 0 Å². The van der Waals surface area contributed by atoms with E-state index in [-0.39, 0.29) is 18.0 Å². The van der Waals surface area contributed by atoms with E-state index in [0.29, 0.717) is 52.5 Å². The fraction of sp³-hybridized carbons (Fsp3) is 0.667. The van der Waals surface area contributed by atoms with Crippen LogP contribution in [0.3, 0.4) is 0 Å². The maximum atomic E-state index is 12.9. The van der Waals surface area contributed by atoms with Gasteiger partial charge in [-0.1, -0.05) is 12.1 Å². The molecule has 0 aliphatic carbocycles. The van der Waals surface area contributed by atoms with E-state index in [1.165, 1.54) is 18.4 Å². The average molecular weight is 460 g/mol. The molecule has 33 heavy (non-hydrogen) atoms. The molecule has 3 amide bonds. The molecule has 9 heteroatoms. The number of amides is 3. The minimum atomic E-state index is -0.0214. The number of morpholine rings is 1. The molecule has 1 aromatic carbocycles. The van der Waals surface area contributed by atoms with Crippen LogP contribution >= 0.6 is 0 Å². The van der Waals surface area contributed by atoms with Crippen molar-refractivity contribution in [3.63, 3.8) is 0 Å². The van der Waals surface area contributed by atoms with E-state index < -0.39 is 0 Å². The monoisotopic (exact) mass is 459 g/mol. The third-order valence-electron chi connectivity index (χ3n) is 6.91. The lowest BCUT2D eigenvalue weighted by atomic mass is 10.1. The van der Waals surface area contributed by atoms with Crippen molar-refractivity contribution in [2.75, 3.05) is 85.8 Å². The maximum absolute atomic E-state index is 12.9. The first kappa shape index (κ1) is 23.8. The predicted molar refractivity (Wildman–Crippen MR) is 125 cm³/mol. The quantitative estimate of drug-likeness (QED) is 0.656. The lowest BCUT2D eigenvalue weighted by molar-refractivity contribution is -0.136. The van der Waals surface area contributed by atoms with Crippen LogP contribution in [-0.2, 0) is 9.53 Å². The Labute approximate surface area is 196 Å². The van der Waals surface area contributed by atoms with Crippen molar-refractivity contribution in [3.8, 4) is 5.75 Å². The van der Waals surface area contributed by atoms with E-state index >= 15 is 0 Å². The summed E-state index contributed by atoms with van der Waals surface area (Å²) in [6, 6.07) is 8.30. The van der Waals surface area contributed by atoms with Gasteiger partial charge in [-0.15, -0.1) is 0 Å². The van der Waals surface area contributed by atoms with Crippen molar-refractivity contribution in [2.45, 2.75) is 18.9 Å². The molecule has 3 aliphatic heterocycles. The molecule has 3 aliphatic rings. The summed E-state index contributed by atoms with van der Waals surface area (Å²) in [4.78, 5) is 33.7. The van der Waals surface area contributed by atoms with E-state index in [2.05, 4.69) is 27.2 Å². The Kier molecular flexibility index (Phi) is 8.41. The highest BCUT2D eigenvalue weighted by atomic mass is 16.5. The highest BCUT2D eigenvalue weighted by molar-refractivity contribution is 5.78. The van der Waals surface area contributed by atoms with Gasteiger partial charge in [0.1, 0.15) is 5.75 Å². The molecule has 3 saturated heterocycles. The zero-order valence-electron chi connectivity index (χ0n) is 19.7. The van der Waals surface area contributed by atoms with Gasteiger partial charge in [0.25, 0.3) is 0 Å². The maximum Gasteiger partial charge on any atom is 0.317 e. The van der Waals surface area contributed by atoms with Crippen LogP contribution in [0.5, 0.6) is 5.75 Å². The van der Waals surface area contributed by atoms with Gasteiger partial charge in [0.2, 0.25) is 5.91 Å². The Balaban J connectivity index is 1.25. The number of ether oxygens (including phenoxy) is 2. The Hall–Kier alpha value is -2.36. The van der Waals surface area contributed by atoms with Gasteiger partial charge >= 0.3 is 6.03 Å². The molecule has 3 fully saturated rings. The Morgan fingerprint density at radius 2 is 1.61 bits per heavy atom. The fourth-order valence-electron chi connectivity index (χ4n) is 4.85. The van der Waals surface area contributed by atoms with Crippen LogP contribution < -0.4 is 10.1 Å². The number of benzene rings is 1. The molecule has 1 aromatic rings. The van der Waals surface area contributed by atoms with Crippen molar-refractivity contribution in [1.29, 1.82) is 0 Å². The lowest BCUT2D eigenvalue weighted by Crippen LogP contribution is -2.55. The number of methoxy groups -OCH3 is 1. The third-order valence-corrected chi connectivity index (χ3v) is 6.91. The fourth-order valence-corrected chi connectivity index (χ4v) is 4.85. The standard InChI is InChI=1S/C24H37N5O4/c1-32-21-6-4-20(5-7-21)22(27-8-2-3-9-27)18-25-24(31)29-12-10-26(11-13-29)19-23(30)28-14-16-33-17-15-28/h4-7,22H,2-3,8-19H2,1H3,(H,25,31)/t22-/m0/s1. The summed E-state index contributed by atoms with van der Waals surface area (Å²) in [5, 5.41) is 3.17. The summed E-state index contributed by atoms with van der Waals surface area (Å²) < 4.78 is 10.6. The van der Waals surface area contributed by atoms with Crippen LogP contribution in [0.25, 0.3) is 0 Å². The summed E-state index contributed by atoms with van der Waals surface area (Å²) in [7, 11) is 1.67. The minimum Gasteiger partial charge on any atom is -0.497 e. The molecular weight excluding hydrogens is 422 g/mol. The number of carbonyl (C=O) groups excluding carboxylic acids is 2. The van der Waals surface area contributed by atoms with Crippen molar-refractivity contribution in [1.82, 2.24) is 24.9 Å². The molecular formula is C24H37N5O4. The Morgan fingerprint density at radius 3 is 2.24 bits per heavy atom. The second kappa shape index (κ2) is 11.7.